The lowest BCUT2D eigenvalue weighted by atomic mass is 9.92. The van der Waals surface area contributed by atoms with Gasteiger partial charge in [0.25, 0.3) is 5.91 Å². The van der Waals surface area contributed by atoms with Gasteiger partial charge in [-0.25, -0.2) is 4.39 Å². The molecule has 1 aliphatic heterocycles. The number of carbonyl (C=O) groups excluding carboxylic acids is 1. The summed E-state index contributed by atoms with van der Waals surface area (Å²) in [6.07, 6.45) is 8.23. The summed E-state index contributed by atoms with van der Waals surface area (Å²) in [5.74, 6) is -0.190. The number of hydrogen-bond donors (Lipinski definition) is 1. The van der Waals surface area contributed by atoms with Crippen molar-refractivity contribution < 1.29 is 42.4 Å². The minimum absolute atomic E-state index is 0. The number of nitrogens with one attached hydrogen (secondary N) is 1. The second-order valence-electron chi connectivity index (χ2n) is 8.99. The number of nitrogens with zero attached hydrogens (tertiary/aromatic N) is 1. The molecule has 1 saturated carbocycles. The van der Waals surface area contributed by atoms with E-state index in [2.05, 4.69) is 31.5 Å². The SMILES string of the molecule is C[N+](C)(Cc1ccc(NC(=O)C2=Cc3c(F)cccc3OC2)cc1)C1CCCCC1.[I-]. The molecular formula is C25H30FIN2O2. The minimum atomic E-state index is -0.388. The molecule has 2 aliphatic rings. The van der Waals surface area contributed by atoms with Crippen LogP contribution in [0.3, 0.4) is 0 Å². The van der Waals surface area contributed by atoms with Gasteiger partial charge in [0.05, 0.1) is 31.3 Å². The molecule has 1 amide bonds. The predicted molar refractivity (Wildman–Crippen MR) is 118 cm³/mol. The van der Waals surface area contributed by atoms with Crippen LogP contribution in [0.5, 0.6) is 5.75 Å². The van der Waals surface area contributed by atoms with Crippen LogP contribution in [0, 0.1) is 5.82 Å². The first kappa shape index (κ1) is 23.7. The van der Waals surface area contributed by atoms with Gasteiger partial charge in [0, 0.05) is 11.3 Å². The Bertz CT molecular complexity index is 950. The van der Waals surface area contributed by atoms with Crippen molar-refractivity contribution in [2.24, 2.45) is 0 Å². The number of fused-ring (bicyclic) bond motifs is 1. The normalized spacial score (nSPS) is 16.4. The highest BCUT2D eigenvalue weighted by Gasteiger charge is 2.29. The van der Waals surface area contributed by atoms with E-state index in [-0.39, 0.29) is 42.3 Å². The first-order valence-electron chi connectivity index (χ1n) is 10.8. The summed E-state index contributed by atoms with van der Waals surface area (Å²) in [7, 11) is 4.64. The molecule has 0 aromatic heterocycles. The van der Waals surface area contributed by atoms with E-state index in [0.717, 1.165) is 22.8 Å². The average molecular weight is 536 g/mol. The van der Waals surface area contributed by atoms with E-state index in [1.54, 1.807) is 18.2 Å². The summed E-state index contributed by atoms with van der Waals surface area (Å²) in [6.45, 7) is 1.11. The van der Waals surface area contributed by atoms with Gasteiger partial charge in [-0.15, -0.1) is 0 Å². The van der Waals surface area contributed by atoms with Crippen LogP contribution < -0.4 is 34.0 Å². The van der Waals surface area contributed by atoms with Gasteiger partial charge >= 0.3 is 0 Å². The van der Waals surface area contributed by atoms with Crippen LogP contribution in [0.25, 0.3) is 6.08 Å². The zero-order chi connectivity index (χ0) is 21.1. The van der Waals surface area contributed by atoms with Crippen LogP contribution in [-0.4, -0.2) is 37.1 Å². The molecule has 2 aromatic rings. The molecule has 1 heterocycles. The fourth-order valence-corrected chi connectivity index (χ4v) is 4.57. The van der Waals surface area contributed by atoms with Gasteiger partial charge in [-0.3, -0.25) is 4.79 Å². The fraction of sp³-hybridized carbons (Fsp3) is 0.400. The van der Waals surface area contributed by atoms with Crippen molar-refractivity contribution >= 4 is 17.7 Å². The van der Waals surface area contributed by atoms with Crippen molar-refractivity contribution in [3.05, 3.63) is 65.0 Å². The van der Waals surface area contributed by atoms with Crippen LogP contribution in [0.1, 0.15) is 43.2 Å². The highest BCUT2D eigenvalue weighted by molar-refractivity contribution is 6.07. The quantitative estimate of drug-likeness (QED) is 0.470. The molecule has 4 rings (SSSR count). The summed E-state index contributed by atoms with van der Waals surface area (Å²) >= 11 is 0. The predicted octanol–water partition coefficient (Wildman–Crippen LogP) is 2.15. The molecule has 0 spiro atoms. The second kappa shape index (κ2) is 10.1. The fourth-order valence-electron chi connectivity index (χ4n) is 4.57. The number of rotatable bonds is 5. The van der Waals surface area contributed by atoms with Crippen molar-refractivity contribution in [3.63, 3.8) is 0 Å². The smallest absolute Gasteiger partial charge is 0.255 e. The first-order valence-corrected chi connectivity index (χ1v) is 10.8. The van der Waals surface area contributed by atoms with Gasteiger partial charge in [0.2, 0.25) is 0 Å². The van der Waals surface area contributed by atoms with E-state index in [1.165, 1.54) is 43.7 Å². The molecular weight excluding hydrogens is 506 g/mol. The molecule has 1 fully saturated rings. The van der Waals surface area contributed by atoms with E-state index in [4.69, 9.17) is 4.74 Å². The van der Waals surface area contributed by atoms with Crippen LogP contribution in [0.15, 0.2) is 48.0 Å². The molecule has 1 N–H and O–H groups in total. The van der Waals surface area contributed by atoms with E-state index in [1.807, 2.05) is 12.1 Å². The molecule has 0 unspecified atom stereocenters. The maximum atomic E-state index is 14.0. The Morgan fingerprint density at radius 2 is 1.81 bits per heavy atom. The Kier molecular flexibility index (Phi) is 7.75. The van der Waals surface area contributed by atoms with E-state index in [0.29, 0.717) is 16.9 Å². The number of anilines is 1. The Balaban J connectivity index is 0.00000272. The summed E-state index contributed by atoms with van der Waals surface area (Å²) in [6, 6.07) is 13.4. The van der Waals surface area contributed by atoms with Crippen molar-refractivity contribution in [2.75, 3.05) is 26.0 Å². The van der Waals surface area contributed by atoms with Crippen molar-refractivity contribution in [1.82, 2.24) is 0 Å². The average Bonchev–Trinajstić information content (AvgIpc) is 2.75. The number of quaternary nitrogens is 1. The molecule has 0 bridgehead atoms. The highest BCUT2D eigenvalue weighted by Crippen LogP contribution is 2.30. The Morgan fingerprint density at radius 3 is 2.52 bits per heavy atom. The summed E-state index contributed by atoms with van der Waals surface area (Å²) < 4.78 is 20.5. The third kappa shape index (κ3) is 5.66. The summed E-state index contributed by atoms with van der Waals surface area (Å²) in [5.41, 5.74) is 2.73. The summed E-state index contributed by atoms with van der Waals surface area (Å²) in [4.78, 5) is 12.6. The van der Waals surface area contributed by atoms with Crippen LogP contribution in [0.2, 0.25) is 0 Å². The minimum Gasteiger partial charge on any atom is -1.00 e. The summed E-state index contributed by atoms with van der Waals surface area (Å²) in [5, 5.41) is 2.90. The van der Waals surface area contributed by atoms with Crippen LogP contribution in [-0.2, 0) is 11.3 Å². The van der Waals surface area contributed by atoms with Crippen LogP contribution in [0.4, 0.5) is 10.1 Å². The molecule has 1 aliphatic carbocycles. The first-order chi connectivity index (χ1) is 14.4. The molecule has 166 valence electrons. The third-order valence-corrected chi connectivity index (χ3v) is 6.37. The van der Waals surface area contributed by atoms with Crippen molar-refractivity contribution in [2.45, 2.75) is 44.7 Å². The highest BCUT2D eigenvalue weighted by atomic mass is 127. The van der Waals surface area contributed by atoms with Gasteiger partial charge in [-0.05, 0) is 56.0 Å². The second-order valence-corrected chi connectivity index (χ2v) is 8.99. The molecule has 6 heteroatoms. The topological polar surface area (TPSA) is 38.3 Å². The van der Waals surface area contributed by atoms with E-state index >= 15 is 0 Å². The van der Waals surface area contributed by atoms with Crippen LogP contribution >= 0.6 is 0 Å². The number of amides is 1. The third-order valence-electron chi connectivity index (χ3n) is 6.37. The Hall–Kier alpha value is -1.93. The van der Waals surface area contributed by atoms with Crippen molar-refractivity contribution in [1.29, 1.82) is 0 Å². The lowest BCUT2D eigenvalue weighted by molar-refractivity contribution is -0.929. The number of hydrogen-bond acceptors (Lipinski definition) is 2. The molecule has 0 atom stereocenters. The largest absolute Gasteiger partial charge is 1.00 e. The van der Waals surface area contributed by atoms with Crippen molar-refractivity contribution in [3.8, 4) is 5.75 Å². The maximum absolute atomic E-state index is 14.0. The lowest BCUT2D eigenvalue weighted by Crippen LogP contribution is -3.00. The Labute approximate surface area is 201 Å². The number of benzene rings is 2. The van der Waals surface area contributed by atoms with E-state index < -0.39 is 0 Å². The standard InChI is InChI=1S/C25H29FN2O2.HI/c1-28(2,21-7-4-3-5-8-21)16-18-11-13-20(14-12-18)27-25(29)19-15-22-23(26)9-6-10-24(22)30-17-19;/h6,9-15,21H,3-5,7-8,16-17H2,1-2H3;1H. The molecule has 0 radical (unpaired) electrons. The maximum Gasteiger partial charge on any atom is 0.255 e. The molecule has 0 saturated heterocycles. The molecule has 2 aromatic carbocycles. The Morgan fingerprint density at radius 1 is 1.10 bits per heavy atom. The van der Waals surface area contributed by atoms with Gasteiger partial charge < -0.3 is 38.5 Å². The van der Waals surface area contributed by atoms with Gasteiger partial charge in [-0.1, -0.05) is 24.6 Å². The van der Waals surface area contributed by atoms with Gasteiger partial charge in [-0.2, -0.15) is 0 Å². The van der Waals surface area contributed by atoms with Gasteiger partial charge in [0.1, 0.15) is 24.7 Å². The number of halogens is 2. The zero-order valence-corrected chi connectivity index (χ0v) is 20.3. The van der Waals surface area contributed by atoms with E-state index in [9.17, 15) is 9.18 Å². The lowest BCUT2D eigenvalue weighted by Gasteiger charge is -2.40. The number of ether oxygens (including phenoxy) is 1. The zero-order valence-electron chi connectivity index (χ0n) is 18.2. The monoisotopic (exact) mass is 536 g/mol. The number of carbonyl (C=O) groups is 1. The van der Waals surface area contributed by atoms with Gasteiger partial charge in [0.15, 0.2) is 0 Å². The molecule has 4 nitrogen and oxygen atoms in total. The molecule has 31 heavy (non-hydrogen) atoms.